The summed E-state index contributed by atoms with van der Waals surface area (Å²) in [7, 11) is 3.78. The van der Waals surface area contributed by atoms with Crippen LogP contribution in [-0.4, -0.2) is 19.6 Å². The van der Waals surface area contributed by atoms with Crippen molar-refractivity contribution in [2.24, 2.45) is 19.8 Å². The van der Waals surface area contributed by atoms with Crippen molar-refractivity contribution in [2.45, 2.75) is 6.54 Å². The predicted octanol–water partition coefficient (Wildman–Crippen LogP) is 0.279. The second kappa shape index (κ2) is 3.26. The highest BCUT2D eigenvalue weighted by molar-refractivity contribution is 5.58. The van der Waals surface area contributed by atoms with E-state index in [4.69, 9.17) is 5.73 Å². The average molecular weight is 191 g/mol. The van der Waals surface area contributed by atoms with Crippen LogP contribution in [0.2, 0.25) is 0 Å². The zero-order valence-corrected chi connectivity index (χ0v) is 8.31. The van der Waals surface area contributed by atoms with Gasteiger partial charge in [0.15, 0.2) is 0 Å². The Labute approximate surface area is 82.1 Å². The lowest BCUT2D eigenvalue weighted by atomic mass is 10.2. The first-order valence-electron chi connectivity index (χ1n) is 4.43. The molecule has 0 aliphatic carbocycles. The lowest BCUT2D eigenvalue weighted by Crippen LogP contribution is -2.00. The Hall–Kier alpha value is -1.62. The van der Waals surface area contributed by atoms with Gasteiger partial charge in [0, 0.05) is 38.6 Å². The Balaban J connectivity index is 2.55. The molecule has 0 radical (unpaired) electrons. The summed E-state index contributed by atoms with van der Waals surface area (Å²) in [6.07, 6.45) is 3.69. The van der Waals surface area contributed by atoms with E-state index in [2.05, 4.69) is 10.2 Å². The highest BCUT2D eigenvalue weighted by Crippen LogP contribution is 2.19. The molecule has 14 heavy (non-hydrogen) atoms. The summed E-state index contributed by atoms with van der Waals surface area (Å²) in [6.45, 7) is 0.494. The summed E-state index contributed by atoms with van der Waals surface area (Å²) in [4.78, 5) is 0. The molecule has 0 aliphatic rings. The van der Waals surface area contributed by atoms with E-state index < -0.39 is 0 Å². The van der Waals surface area contributed by atoms with Crippen molar-refractivity contribution < 1.29 is 0 Å². The molecule has 0 amide bonds. The van der Waals surface area contributed by atoms with Crippen LogP contribution in [0, 0.1) is 0 Å². The molecule has 74 valence electrons. The first-order valence-corrected chi connectivity index (χ1v) is 4.43. The lowest BCUT2D eigenvalue weighted by molar-refractivity contribution is 0.749. The van der Waals surface area contributed by atoms with Gasteiger partial charge in [-0.05, 0) is 6.07 Å². The fourth-order valence-electron chi connectivity index (χ4n) is 1.51. The Morgan fingerprint density at radius 2 is 2.21 bits per heavy atom. The molecule has 0 aliphatic heterocycles. The van der Waals surface area contributed by atoms with Crippen LogP contribution in [-0.2, 0) is 20.6 Å². The maximum atomic E-state index is 5.64. The van der Waals surface area contributed by atoms with Crippen LogP contribution in [0.15, 0.2) is 18.5 Å². The number of aryl methyl sites for hydroxylation is 2. The smallest absolute Gasteiger partial charge is 0.115 e. The van der Waals surface area contributed by atoms with Gasteiger partial charge >= 0.3 is 0 Å². The van der Waals surface area contributed by atoms with Crippen molar-refractivity contribution in [3.8, 4) is 11.4 Å². The number of nitrogens with zero attached hydrogens (tertiary/aromatic N) is 4. The summed E-state index contributed by atoms with van der Waals surface area (Å²) >= 11 is 0. The predicted molar refractivity (Wildman–Crippen MR) is 53.3 cm³/mol. The van der Waals surface area contributed by atoms with E-state index >= 15 is 0 Å². The van der Waals surface area contributed by atoms with E-state index in [1.54, 1.807) is 15.6 Å². The number of hydrogen-bond donors (Lipinski definition) is 1. The van der Waals surface area contributed by atoms with E-state index in [9.17, 15) is 0 Å². The van der Waals surface area contributed by atoms with Crippen molar-refractivity contribution in [1.82, 2.24) is 19.6 Å². The molecule has 2 aromatic heterocycles. The molecule has 2 aromatic rings. The van der Waals surface area contributed by atoms with Gasteiger partial charge in [0.2, 0.25) is 0 Å². The number of rotatable bonds is 2. The van der Waals surface area contributed by atoms with Gasteiger partial charge in [0.25, 0.3) is 0 Å². The van der Waals surface area contributed by atoms with Gasteiger partial charge in [0.05, 0.1) is 5.69 Å². The molecular formula is C9H13N5. The third-order valence-corrected chi connectivity index (χ3v) is 2.19. The van der Waals surface area contributed by atoms with E-state index in [-0.39, 0.29) is 0 Å². The van der Waals surface area contributed by atoms with Gasteiger partial charge in [-0.15, -0.1) is 0 Å². The monoisotopic (exact) mass is 191 g/mol. The van der Waals surface area contributed by atoms with Gasteiger partial charge in [-0.1, -0.05) is 0 Å². The fraction of sp³-hybridized carbons (Fsp3) is 0.333. The molecule has 0 aromatic carbocycles. The van der Waals surface area contributed by atoms with E-state index in [0.717, 1.165) is 17.0 Å². The van der Waals surface area contributed by atoms with Gasteiger partial charge < -0.3 is 5.73 Å². The van der Waals surface area contributed by atoms with Crippen LogP contribution in [0.5, 0.6) is 0 Å². The van der Waals surface area contributed by atoms with Crippen LogP contribution >= 0.6 is 0 Å². The third kappa shape index (κ3) is 1.31. The minimum atomic E-state index is 0.494. The summed E-state index contributed by atoms with van der Waals surface area (Å²) in [5.74, 6) is 0. The molecule has 0 saturated carbocycles. The minimum Gasteiger partial charge on any atom is -0.326 e. The van der Waals surface area contributed by atoms with E-state index in [1.807, 2.05) is 26.4 Å². The molecule has 0 spiro atoms. The zero-order valence-electron chi connectivity index (χ0n) is 8.31. The normalized spacial score (nSPS) is 10.8. The second-order valence-electron chi connectivity index (χ2n) is 3.22. The summed E-state index contributed by atoms with van der Waals surface area (Å²) in [5.41, 5.74) is 8.58. The van der Waals surface area contributed by atoms with Crippen LogP contribution in [0.4, 0.5) is 0 Å². The molecule has 0 fully saturated rings. The molecule has 0 unspecified atom stereocenters. The summed E-state index contributed by atoms with van der Waals surface area (Å²) in [6, 6.07) is 1.93. The van der Waals surface area contributed by atoms with E-state index in [0.29, 0.717) is 6.54 Å². The zero-order chi connectivity index (χ0) is 10.1. The van der Waals surface area contributed by atoms with Gasteiger partial charge in [-0.25, -0.2) is 0 Å². The number of nitrogens with two attached hydrogens (primary N) is 1. The van der Waals surface area contributed by atoms with Crippen molar-refractivity contribution in [2.75, 3.05) is 0 Å². The standard InChI is InChI=1S/C9H13N5/c1-13-6-7(5-10)9(12-13)8-3-4-11-14(8)2/h3-4,6H,5,10H2,1-2H3. The maximum Gasteiger partial charge on any atom is 0.115 e. The quantitative estimate of drug-likeness (QED) is 0.741. The largest absolute Gasteiger partial charge is 0.326 e. The van der Waals surface area contributed by atoms with Gasteiger partial charge in [-0.2, -0.15) is 10.2 Å². The Kier molecular flexibility index (Phi) is 2.09. The highest BCUT2D eigenvalue weighted by atomic mass is 15.3. The van der Waals surface area contributed by atoms with Gasteiger partial charge in [-0.3, -0.25) is 9.36 Å². The first-order chi connectivity index (χ1) is 6.72. The fourth-order valence-corrected chi connectivity index (χ4v) is 1.51. The van der Waals surface area contributed by atoms with Crippen LogP contribution < -0.4 is 5.73 Å². The maximum absolute atomic E-state index is 5.64. The Bertz CT molecular complexity index is 440. The molecule has 5 heteroatoms. The molecule has 0 bridgehead atoms. The van der Waals surface area contributed by atoms with Crippen LogP contribution in [0.3, 0.4) is 0 Å². The average Bonchev–Trinajstić information content (AvgIpc) is 2.71. The van der Waals surface area contributed by atoms with Crippen molar-refractivity contribution in [3.63, 3.8) is 0 Å². The van der Waals surface area contributed by atoms with Crippen LogP contribution in [0.25, 0.3) is 11.4 Å². The van der Waals surface area contributed by atoms with E-state index in [1.165, 1.54) is 0 Å². The summed E-state index contributed by atoms with van der Waals surface area (Å²) in [5, 5.41) is 8.46. The minimum absolute atomic E-state index is 0.494. The number of aromatic nitrogens is 4. The topological polar surface area (TPSA) is 61.7 Å². The van der Waals surface area contributed by atoms with Crippen molar-refractivity contribution >= 4 is 0 Å². The molecule has 2 rings (SSSR count). The lowest BCUT2D eigenvalue weighted by Gasteiger charge is -1.99. The highest BCUT2D eigenvalue weighted by Gasteiger charge is 2.11. The molecule has 0 atom stereocenters. The molecule has 2 N–H and O–H groups in total. The van der Waals surface area contributed by atoms with Crippen molar-refractivity contribution in [1.29, 1.82) is 0 Å². The Morgan fingerprint density at radius 1 is 1.43 bits per heavy atom. The molecule has 0 saturated heterocycles. The number of hydrogen-bond acceptors (Lipinski definition) is 3. The third-order valence-electron chi connectivity index (χ3n) is 2.19. The SMILES string of the molecule is Cn1cc(CN)c(-c2ccnn2C)n1. The molecular weight excluding hydrogens is 178 g/mol. The second-order valence-corrected chi connectivity index (χ2v) is 3.22. The van der Waals surface area contributed by atoms with Crippen molar-refractivity contribution in [3.05, 3.63) is 24.0 Å². The first kappa shape index (κ1) is 8.96. The molecule has 5 nitrogen and oxygen atoms in total. The van der Waals surface area contributed by atoms with Gasteiger partial charge in [0.1, 0.15) is 5.69 Å². The molecule has 2 heterocycles. The Morgan fingerprint density at radius 3 is 2.79 bits per heavy atom. The summed E-state index contributed by atoms with van der Waals surface area (Å²) < 4.78 is 3.56. The van der Waals surface area contributed by atoms with Crippen LogP contribution in [0.1, 0.15) is 5.56 Å².